The van der Waals surface area contributed by atoms with Crippen molar-refractivity contribution in [1.29, 1.82) is 0 Å². The van der Waals surface area contributed by atoms with E-state index in [9.17, 15) is 8.42 Å². The fourth-order valence-corrected chi connectivity index (χ4v) is 4.96. The highest BCUT2D eigenvalue weighted by molar-refractivity contribution is 7.89. The fraction of sp³-hybridized carbons (Fsp3) is 1.00. The minimum atomic E-state index is -3.09. The van der Waals surface area contributed by atoms with Crippen molar-refractivity contribution in [2.24, 2.45) is 0 Å². The van der Waals surface area contributed by atoms with Crippen LogP contribution in [0, 0.1) is 0 Å². The van der Waals surface area contributed by atoms with E-state index in [0.29, 0.717) is 6.04 Å². The van der Waals surface area contributed by atoms with Gasteiger partial charge in [0, 0.05) is 24.7 Å². The van der Waals surface area contributed by atoms with Gasteiger partial charge in [-0.3, -0.25) is 4.90 Å². The molecule has 0 amide bonds. The van der Waals surface area contributed by atoms with Crippen LogP contribution in [0.25, 0.3) is 0 Å². The molecule has 2 atom stereocenters. The average molecular weight is 301 g/mol. The van der Waals surface area contributed by atoms with E-state index in [4.69, 9.17) is 0 Å². The number of hydrogen-bond acceptors (Lipinski definition) is 4. The first-order chi connectivity index (χ1) is 9.64. The molecule has 1 saturated carbocycles. The molecule has 0 aromatic carbocycles. The van der Waals surface area contributed by atoms with Gasteiger partial charge in [-0.2, -0.15) is 0 Å². The molecule has 6 heteroatoms. The van der Waals surface area contributed by atoms with Crippen molar-refractivity contribution in [1.82, 2.24) is 14.9 Å². The standard InChI is InChI=1S/C14H27N3O2S/c18-20(19,11-2-1-8-15-12-5-6-12)16-13-7-10-17-9-3-4-14(13)17/h12-16H,1-11H2. The Morgan fingerprint density at radius 2 is 1.90 bits per heavy atom. The van der Waals surface area contributed by atoms with E-state index in [-0.39, 0.29) is 11.8 Å². The summed E-state index contributed by atoms with van der Waals surface area (Å²) >= 11 is 0. The molecular formula is C14H27N3O2S. The lowest BCUT2D eigenvalue weighted by Crippen LogP contribution is -2.43. The molecule has 2 N–H and O–H groups in total. The van der Waals surface area contributed by atoms with Crippen molar-refractivity contribution in [3.8, 4) is 0 Å². The van der Waals surface area contributed by atoms with Gasteiger partial charge in [-0.1, -0.05) is 0 Å². The molecule has 0 aromatic heterocycles. The molecule has 1 aliphatic carbocycles. The molecule has 2 heterocycles. The lowest BCUT2D eigenvalue weighted by Gasteiger charge is -2.21. The summed E-state index contributed by atoms with van der Waals surface area (Å²) in [4.78, 5) is 2.44. The van der Waals surface area contributed by atoms with E-state index in [1.807, 2.05) is 0 Å². The van der Waals surface area contributed by atoms with Crippen molar-refractivity contribution in [2.75, 3.05) is 25.4 Å². The lowest BCUT2D eigenvalue weighted by atomic mass is 10.1. The molecule has 116 valence electrons. The van der Waals surface area contributed by atoms with Gasteiger partial charge in [-0.15, -0.1) is 0 Å². The zero-order valence-electron chi connectivity index (χ0n) is 12.2. The fourth-order valence-electron chi connectivity index (χ4n) is 3.52. The van der Waals surface area contributed by atoms with E-state index < -0.39 is 10.0 Å². The van der Waals surface area contributed by atoms with Crippen LogP contribution < -0.4 is 10.0 Å². The molecular weight excluding hydrogens is 274 g/mol. The Kier molecular flexibility index (Phi) is 4.65. The van der Waals surface area contributed by atoms with Gasteiger partial charge >= 0.3 is 0 Å². The summed E-state index contributed by atoms with van der Waals surface area (Å²) in [5.74, 6) is 0.280. The summed E-state index contributed by atoms with van der Waals surface area (Å²) in [5, 5.41) is 3.42. The van der Waals surface area contributed by atoms with E-state index in [1.54, 1.807) is 0 Å². The predicted molar refractivity (Wildman–Crippen MR) is 80.2 cm³/mol. The minimum Gasteiger partial charge on any atom is -0.314 e. The van der Waals surface area contributed by atoms with Gasteiger partial charge in [-0.25, -0.2) is 13.1 Å². The van der Waals surface area contributed by atoms with E-state index in [2.05, 4.69) is 14.9 Å². The third kappa shape index (κ3) is 3.93. The quantitative estimate of drug-likeness (QED) is 0.647. The first-order valence-electron chi connectivity index (χ1n) is 8.11. The first-order valence-corrected chi connectivity index (χ1v) is 9.77. The third-order valence-electron chi connectivity index (χ3n) is 4.79. The maximum atomic E-state index is 12.1. The maximum absolute atomic E-state index is 12.1. The lowest BCUT2D eigenvalue weighted by molar-refractivity contribution is 0.309. The minimum absolute atomic E-state index is 0.159. The highest BCUT2D eigenvalue weighted by Gasteiger charge is 2.38. The number of unbranched alkanes of at least 4 members (excludes halogenated alkanes) is 1. The second kappa shape index (κ2) is 6.30. The smallest absolute Gasteiger partial charge is 0.211 e. The zero-order valence-corrected chi connectivity index (χ0v) is 13.0. The Hall–Kier alpha value is -0.170. The van der Waals surface area contributed by atoms with Crippen molar-refractivity contribution < 1.29 is 8.42 Å². The van der Waals surface area contributed by atoms with E-state index in [1.165, 1.54) is 19.3 Å². The van der Waals surface area contributed by atoms with Gasteiger partial charge in [0.1, 0.15) is 0 Å². The number of sulfonamides is 1. The molecule has 2 aliphatic heterocycles. The molecule has 20 heavy (non-hydrogen) atoms. The van der Waals surface area contributed by atoms with Gasteiger partial charge < -0.3 is 5.32 Å². The number of hydrogen-bond donors (Lipinski definition) is 2. The zero-order chi connectivity index (χ0) is 14.0. The number of fused-ring (bicyclic) bond motifs is 1. The second-order valence-corrected chi connectivity index (χ2v) is 8.39. The predicted octanol–water partition coefficient (Wildman–Crippen LogP) is 0.675. The van der Waals surface area contributed by atoms with Crippen molar-refractivity contribution in [3.05, 3.63) is 0 Å². The molecule has 3 fully saturated rings. The Morgan fingerprint density at radius 1 is 1.05 bits per heavy atom. The summed E-state index contributed by atoms with van der Waals surface area (Å²) in [7, 11) is -3.09. The van der Waals surface area contributed by atoms with Crippen LogP contribution in [0.15, 0.2) is 0 Å². The molecule has 0 radical (unpaired) electrons. The van der Waals surface area contributed by atoms with Crippen LogP contribution in [0.5, 0.6) is 0 Å². The molecule has 3 aliphatic rings. The Morgan fingerprint density at radius 3 is 2.70 bits per heavy atom. The topological polar surface area (TPSA) is 61.4 Å². The molecule has 5 nitrogen and oxygen atoms in total. The Balaban J connectivity index is 1.36. The van der Waals surface area contributed by atoms with E-state index in [0.717, 1.165) is 51.4 Å². The van der Waals surface area contributed by atoms with Crippen molar-refractivity contribution in [3.63, 3.8) is 0 Å². The summed E-state index contributed by atoms with van der Waals surface area (Å²) in [6.45, 7) is 3.17. The summed E-state index contributed by atoms with van der Waals surface area (Å²) in [6.07, 6.45) is 7.65. The van der Waals surface area contributed by atoms with Crippen LogP contribution in [0.2, 0.25) is 0 Å². The Bertz CT molecular complexity index is 422. The van der Waals surface area contributed by atoms with Crippen LogP contribution in [-0.4, -0.2) is 56.8 Å². The van der Waals surface area contributed by atoms with Crippen LogP contribution in [0.3, 0.4) is 0 Å². The highest BCUT2D eigenvalue weighted by atomic mass is 32.2. The number of rotatable bonds is 8. The maximum Gasteiger partial charge on any atom is 0.211 e. The molecule has 0 spiro atoms. The van der Waals surface area contributed by atoms with Gasteiger partial charge in [0.15, 0.2) is 0 Å². The molecule has 2 unspecified atom stereocenters. The van der Waals surface area contributed by atoms with Gasteiger partial charge in [0.25, 0.3) is 0 Å². The molecule has 0 aromatic rings. The number of nitrogens with one attached hydrogen (secondary N) is 2. The van der Waals surface area contributed by atoms with Crippen LogP contribution in [-0.2, 0) is 10.0 Å². The third-order valence-corrected chi connectivity index (χ3v) is 6.28. The second-order valence-electron chi connectivity index (χ2n) is 6.51. The SMILES string of the molecule is O=S(=O)(CCCCNC1CC1)NC1CCN2CCCC12. The van der Waals surface area contributed by atoms with Crippen molar-refractivity contribution >= 4 is 10.0 Å². The monoisotopic (exact) mass is 301 g/mol. The molecule has 3 rings (SSSR count). The molecule has 0 bridgehead atoms. The van der Waals surface area contributed by atoms with Gasteiger partial charge in [-0.05, 0) is 58.0 Å². The van der Waals surface area contributed by atoms with Gasteiger partial charge in [0.2, 0.25) is 10.0 Å². The van der Waals surface area contributed by atoms with Crippen LogP contribution in [0.1, 0.15) is 44.9 Å². The largest absolute Gasteiger partial charge is 0.314 e. The van der Waals surface area contributed by atoms with E-state index >= 15 is 0 Å². The van der Waals surface area contributed by atoms with Crippen LogP contribution >= 0.6 is 0 Å². The molecule has 2 saturated heterocycles. The van der Waals surface area contributed by atoms with Crippen LogP contribution in [0.4, 0.5) is 0 Å². The van der Waals surface area contributed by atoms with Gasteiger partial charge in [0.05, 0.1) is 5.75 Å². The summed E-state index contributed by atoms with van der Waals surface area (Å²) < 4.78 is 27.2. The highest BCUT2D eigenvalue weighted by Crippen LogP contribution is 2.28. The first kappa shape index (κ1) is 14.8. The summed E-state index contributed by atoms with van der Waals surface area (Å²) in [6, 6.07) is 1.34. The van der Waals surface area contributed by atoms with Crippen molar-refractivity contribution in [2.45, 2.75) is 63.1 Å². The Labute approximate surface area is 122 Å². The average Bonchev–Trinajstić information content (AvgIpc) is 2.97. The summed E-state index contributed by atoms with van der Waals surface area (Å²) in [5.41, 5.74) is 0. The number of nitrogens with zero attached hydrogens (tertiary/aromatic N) is 1. The normalized spacial score (nSPS) is 30.8.